The summed E-state index contributed by atoms with van der Waals surface area (Å²) in [7, 11) is 0. The quantitative estimate of drug-likeness (QED) is 0.647. The van der Waals surface area contributed by atoms with E-state index in [0.717, 1.165) is 0 Å². The number of carbonyl (C=O) groups excluding carboxylic acids is 1. The monoisotopic (exact) mass is 457 g/mol. The molecule has 1 amide bonds. The number of aromatic nitrogens is 1. The summed E-state index contributed by atoms with van der Waals surface area (Å²) >= 11 is 12.2. The van der Waals surface area contributed by atoms with Gasteiger partial charge in [-0.2, -0.15) is 28.3 Å². The van der Waals surface area contributed by atoms with Gasteiger partial charge in [0.25, 0.3) is 5.91 Å². The zero-order chi connectivity index (χ0) is 20.9. The molecule has 3 heterocycles. The first-order valence-corrected chi connectivity index (χ1v) is 9.42. The second-order valence-electron chi connectivity index (χ2n) is 5.82. The van der Waals surface area contributed by atoms with Crippen LogP contribution in [-0.2, 0) is 4.79 Å². The molecule has 1 N–H and O–H groups in total. The number of fused-ring (bicyclic) bond motifs is 1. The fourth-order valence-corrected chi connectivity index (χ4v) is 3.69. The molecule has 4 rings (SSSR count). The molecule has 12 heteroatoms. The number of halogens is 5. The summed E-state index contributed by atoms with van der Waals surface area (Å²) in [6.45, 7) is 0. The van der Waals surface area contributed by atoms with Gasteiger partial charge in [0, 0.05) is 17.6 Å². The topological polar surface area (TPSA) is 73.8 Å². The van der Waals surface area contributed by atoms with Crippen LogP contribution in [0.2, 0.25) is 10.0 Å². The van der Waals surface area contributed by atoms with E-state index in [9.17, 15) is 18.0 Å². The maximum Gasteiger partial charge on any atom is 0.441 e. The number of nitrogens with one attached hydrogen (secondary N) is 1. The molecule has 0 spiro atoms. The summed E-state index contributed by atoms with van der Waals surface area (Å²) in [6.07, 6.45) is -1.64. The molecule has 1 aromatic carbocycles. The van der Waals surface area contributed by atoms with Crippen molar-refractivity contribution in [3.63, 3.8) is 0 Å². The third-order valence-corrected chi connectivity index (χ3v) is 5.64. The van der Waals surface area contributed by atoms with Crippen LogP contribution < -0.4 is 0 Å². The lowest BCUT2D eigenvalue weighted by Crippen LogP contribution is -2.35. The van der Waals surface area contributed by atoms with E-state index in [2.05, 4.69) is 10.1 Å². The zero-order valence-corrected chi connectivity index (χ0v) is 16.4. The smallest absolute Gasteiger partial charge is 0.317 e. The summed E-state index contributed by atoms with van der Waals surface area (Å²) in [5.41, 5.74) is 0.938. The zero-order valence-electron chi connectivity index (χ0n) is 14.0. The number of alkyl halides is 3. The van der Waals surface area contributed by atoms with Crippen molar-refractivity contribution in [2.24, 2.45) is 10.1 Å². The van der Waals surface area contributed by atoms with Crippen LogP contribution in [0.3, 0.4) is 0 Å². The van der Waals surface area contributed by atoms with E-state index in [4.69, 9.17) is 28.6 Å². The van der Waals surface area contributed by atoms with E-state index < -0.39 is 23.0 Å². The molecule has 0 saturated carbocycles. The Kier molecular flexibility index (Phi) is 4.80. The van der Waals surface area contributed by atoms with Crippen LogP contribution in [0.5, 0.6) is 0 Å². The Morgan fingerprint density at radius 1 is 1.17 bits per heavy atom. The first-order chi connectivity index (χ1) is 13.6. The number of aliphatic imine (C=N–C) groups is 1. The van der Waals surface area contributed by atoms with Crippen molar-refractivity contribution in [3.8, 4) is 5.69 Å². The third kappa shape index (κ3) is 3.59. The second-order valence-corrected chi connectivity index (χ2v) is 7.59. The predicted molar refractivity (Wildman–Crippen MR) is 107 cm³/mol. The van der Waals surface area contributed by atoms with Crippen molar-refractivity contribution >= 4 is 63.0 Å². The Balaban J connectivity index is 1.73. The van der Waals surface area contributed by atoms with Gasteiger partial charge in [0.05, 0.1) is 15.6 Å². The van der Waals surface area contributed by atoms with E-state index in [0.29, 0.717) is 26.4 Å². The van der Waals surface area contributed by atoms with Crippen LogP contribution >= 0.6 is 35.0 Å². The number of thioether (sulfide) groups is 1. The molecule has 0 atom stereocenters. The lowest BCUT2D eigenvalue weighted by atomic mass is 10.1. The van der Waals surface area contributed by atoms with Gasteiger partial charge in [-0.1, -0.05) is 23.2 Å². The molecule has 6 nitrogen and oxygen atoms in total. The summed E-state index contributed by atoms with van der Waals surface area (Å²) < 4.78 is 40.4. The van der Waals surface area contributed by atoms with E-state index in [1.807, 2.05) is 0 Å². The average molecular weight is 458 g/mol. The first kappa shape index (κ1) is 19.7. The number of amides is 1. The van der Waals surface area contributed by atoms with Gasteiger partial charge in [0.15, 0.2) is 5.84 Å². The number of amidine groups is 2. The fourth-order valence-electron chi connectivity index (χ4n) is 2.64. The molecule has 0 aliphatic carbocycles. The minimum atomic E-state index is -4.69. The number of nitrogens with zero attached hydrogens (tertiary/aromatic N) is 4. The van der Waals surface area contributed by atoms with Crippen LogP contribution in [0.25, 0.3) is 11.8 Å². The van der Waals surface area contributed by atoms with Gasteiger partial charge in [0.2, 0.25) is 10.2 Å². The highest BCUT2D eigenvalue weighted by atomic mass is 35.5. The molecular weight excluding hydrogens is 450 g/mol. The Morgan fingerprint density at radius 2 is 1.93 bits per heavy atom. The SMILES string of the molecule is N=C1/C(=C\c2cccn2-c2ccc(Cl)c(Cl)c2)C(=O)N=C2SC(C(F)(F)F)=NN12. The molecule has 1 aromatic heterocycles. The van der Waals surface area contributed by atoms with Crippen molar-refractivity contribution in [3.05, 3.63) is 57.8 Å². The fraction of sp³-hybridized carbons (Fsp3) is 0.0588. The standard InChI is InChI=1S/C17H8Cl2F3N5OS/c18-11-4-3-9(7-12(11)19)26-5-1-2-8(26)6-10-13(23)27-16(24-14(10)28)29-15(25-27)17(20,21)22/h1-7,23H/b10-6+,23-13?. The molecule has 0 saturated heterocycles. The van der Waals surface area contributed by atoms with Gasteiger partial charge in [-0.25, -0.2) is 0 Å². The average Bonchev–Trinajstić information content (AvgIpc) is 3.27. The molecular formula is C17H8Cl2F3N5OS. The minimum Gasteiger partial charge on any atom is -0.317 e. The maximum absolute atomic E-state index is 12.9. The summed E-state index contributed by atoms with van der Waals surface area (Å²) in [5, 5.41) is 11.5. The van der Waals surface area contributed by atoms with E-state index >= 15 is 0 Å². The van der Waals surface area contributed by atoms with Gasteiger partial charge in [0.1, 0.15) is 0 Å². The molecule has 2 aliphatic heterocycles. The molecule has 0 bridgehead atoms. The Morgan fingerprint density at radius 3 is 2.62 bits per heavy atom. The van der Waals surface area contributed by atoms with Crippen LogP contribution in [0.1, 0.15) is 5.69 Å². The number of hydrazone groups is 1. The van der Waals surface area contributed by atoms with Crippen LogP contribution in [0.4, 0.5) is 13.2 Å². The van der Waals surface area contributed by atoms with Crippen LogP contribution in [0.15, 0.2) is 52.2 Å². The highest BCUT2D eigenvalue weighted by Gasteiger charge is 2.46. The molecule has 2 aromatic rings. The Bertz CT molecular complexity index is 1150. The Labute approximate surface area is 175 Å². The van der Waals surface area contributed by atoms with Crippen molar-refractivity contribution in [2.75, 3.05) is 0 Å². The summed E-state index contributed by atoms with van der Waals surface area (Å²) in [5.74, 6) is -1.32. The number of rotatable bonds is 2. The lowest BCUT2D eigenvalue weighted by molar-refractivity contribution is -0.114. The van der Waals surface area contributed by atoms with Gasteiger partial charge in [-0.05, 0) is 48.2 Å². The summed E-state index contributed by atoms with van der Waals surface area (Å²) in [6, 6.07) is 8.30. The number of benzene rings is 1. The number of hydrogen-bond donors (Lipinski definition) is 1. The molecule has 29 heavy (non-hydrogen) atoms. The highest BCUT2D eigenvalue weighted by molar-refractivity contribution is 8.27. The van der Waals surface area contributed by atoms with Crippen molar-refractivity contribution < 1.29 is 18.0 Å². The molecule has 0 radical (unpaired) electrons. The normalized spacial score (nSPS) is 18.2. The van der Waals surface area contributed by atoms with Crippen LogP contribution in [-0.4, -0.2) is 37.7 Å². The van der Waals surface area contributed by atoms with E-state index in [-0.39, 0.29) is 22.5 Å². The van der Waals surface area contributed by atoms with Gasteiger partial charge >= 0.3 is 6.18 Å². The summed E-state index contributed by atoms with van der Waals surface area (Å²) in [4.78, 5) is 16.0. The highest BCUT2D eigenvalue weighted by Crippen LogP contribution is 2.35. The van der Waals surface area contributed by atoms with Crippen LogP contribution in [0, 0.1) is 5.41 Å². The molecule has 0 fully saturated rings. The van der Waals surface area contributed by atoms with Gasteiger partial charge < -0.3 is 4.57 Å². The predicted octanol–water partition coefficient (Wildman–Crippen LogP) is 4.97. The molecule has 148 valence electrons. The number of carbonyl (C=O) groups is 1. The van der Waals surface area contributed by atoms with Crippen molar-refractivity contribution in [2.45, 2.75) is 6.18 Å². The van der Waals surface area contributed by atoms with Gasteiger partial charge in [-0.3, -0.25) is 10.2 Å². The maximum atomic E-state index is 12.9. The molecule has 2 aliphatic rings. The largest absolute Gasteiger partial charge is 0.441 e. The number of hydrogen-bond acceptors (Lipinski definition) is 4. The third-order valence-electron chi connectivity index (χ3n) is 3.95. The van der Waals surface area contributed by atoms with E-state index in [1.165, 1.54) is 6.08 Å². The van der Waals surface area contributed by atoms with E-state index in [1.54, 1.807) is 41.1 Å². The van der Waals surface area contributed by atoms with Crippen molar-refractivity contribution in [1.82, 2.24) is 9.58 Å². The Hall–Kier alpha value is -2.56. The first-order valence-electron chi connectivity index (χ1n) is 7.85. The van der Waals surface area contributed by atoms with Crippen molar-refractivity contribution in [1.29, 1.82) is 5.41 Å². The molecule has 0 unspecified atom stereocenters. The minimum absolute atomic E-state index is 0.193. The van der Waals surface area contributed by atoms with Gasteiger partial charge in [-0.15, -0.1) is 0 Å². The lowest BCUT2D eigenvalue weighted by Gasteiger charge is -2.20. The second kappa shape index (κ2) is 7.05.